The Morgan fingerprint density at radius 1 is 1.10 bits per heavy atom. The lowest BCUT2D eigenvalue weighted by molar-refractivity contribution is -0.125. The molecule has 162 valence electrons. The first-order valence-electron chi connectivity index (χ1n) is 9.42. The molecule has 2 amide bonds. The number of thiophene rings is 1. The van der Waals surface area contributed by atoms with Crippen LogP contribution >= 0.6 is 11.3 Å². The quantitative estimate of drug-likeness (QED) is 0.559. The molecule has 0 spiro atoms. The summed E-state index contributed by atoms with van der Waals surface area (Å²) in [6.45, 7) is 1.10. The van der Waals surface area contributed by atoms with Crippen molar-refractivity contribution in [2.45, 2.75) is 23.1 Å². The Labute approximate surface area is 178 Å². The molecular weight excluding hydrogens is 431 g/mol. The number of likely N-dealkylation sites (tertiary alicyclic amines) is 1. The van der Waals surface area contributed by atoms with E-state index in [9.17, 15) is 22.4 Å². The van der Waals surface area contributed by atoms with Gasteiger partial charge in [-0.25, -0.2) is 17.5 Å². The van der Waals surface area contributed by atoms with Crippen LogP contribution in [0.3, 0.4) is 0 Å². The fourth-order valence-electron chi connectivity index (χ4n) is 3.08. The first-order chi connectivity index (χ1) is 14.3. The lowest BCUT2D eigenvalue weighted by Crippen LogP contribution is -2.47. The molecule has 8 nitrogen and oxygen atoms in total. The topological polar surface area (TPSA) is 108 Å². The number of rotatable bonds is 8. The number of anilines is 1. The zero-order valence-corrected chi connectivity index (χ0v) is 17.8. The van der Waals surface area contributed by atoms with Crippen LogP contribution < -0.4 is 15.4 Å². The van der Waals surface area contributed by atoms with Gasteiger partial charge in [-0.2, -0.15) is 0 Å². The normalized spacial score (nSPS) is 15.6. The number of hydrogen-bond acceptors (Lipinski definition) is 6. The van der Waals surface area contributed by atoms with Crippen LogP contribution in [0.2, 0.25) is 0 Å². The van der Waals surface area contributed by atoms with Crippen molar-refractivity contribution in [1.82, 2.24) is 14.9 Å². The Hall–Kier alpha value is -2.34. The highest BCUT2D eigenvalue weighted by molar-refractivity contribution is 7.91. The molecule has 0 atom stereocenters. The van der Waals surface area contributed by atoms with Crippen molar-refractivity contribution in [1.29, 1.82) is 0 Å². The Balaban J connectivity index is 1.36. The van der Waals surface area contributed by atoms with E-state index in [1.54, 1.807) is 17.5 Å². The summed E-state index contributed by atoms with van der Waals surface area (Å²) in [4.78, 5) is 25.9. The highest BCUT2D eigenvalue weighted by atomic mass is 32.2. The van der Waals surface area contributed by atoms with E-state index in [-0.39, 0.29) is 25.0 Å². The van der Waals surface area contributed by atoms with E-state index in [4.69, 9.17) is 0 Å². The molecule has 1 fully saturated rings. The van der Waals surface area contributed by atoms with Gasteiger partial charge in [-0.05, 0) is 48.6 Å². The average molecular weight is 455 g/mol. The van der Waals surface area contributed by atoms with Gasteiger partial charge in [0.2, 0.25) is 21.8 Å². The average Bonchev–Trinajstić information content (AvgIpc) is 3.26. The fraction of sp³-hybridized carbons (Fsp3) is 0.368. The number of benzene rings is 1. The number of nitrogens with zero attached hydrogens (tertiary/aromatic N) is 1. The van der Waals surface area contributed by atoms with Gasteiger partial charge in [0, 0.05) is 24.8 Å². The molecule has 3 rings (SSSR count). The fourth-order valence-corrected chi connectivity index (χ4v) is 5.39. The summed E-state index contributed by atoms with van der Waals surface area (Å²) in [7, 11) is -3.50. The maximum atomic E-state index is 12.9. The van der Waals surface area contributed by atoms with Crippen LogP contribution in [0.25, 0.3) is 0 Å². The summed E-state index contributed by atoms with van der Waals surface area (Å²) in [5.41, 5.74) is 0.447. The van der Waals surface area contributed by atoms with Gasteiger partial charge in [-0.15, -0.1) is 11.3 Å². The van der Waals surface area contributed by atoms with E-state index < -0.39 is 21.7 Å². The van der Waals surface area contributed by atoms with Gasteiger partial charge in [-0.1, -0.05) is 6.07 Å². The predicted octanol–water partition coefficient (Wildman–Crippen LogP) is 1.38. The first kappa shape index (κ1) is 22.3. The summed E-state index contributed by atoms with van der Waals surface area (Å²) in [5.74, 6) is -1.09. The van der Waals surface area contributed by atoms with Crippen molar-refractivity contribution in [2.75, 3.05) is 31.5 Å². The second-order valence-corrected chi connectivity index (χ2v) is 9.82. The molecule has 0 unspecified atom stereocenters. The smallest absolute Gasteiger partial charge is 0.250 e. The summed E-state index contributed by atoms with van der Waals surface area (Å²) >= 11 is 1.17. The molecule has 1 aliphatic heterocycles. The Morgan fingerprint density at radius 3 is 2.43 bits per heavy atom. The van der Waals surface area contributed by atoms with E-state index in [1.807, 2.05) is 4.90 Å². The van der Waals surface area contributed by atoms with E-state index in [0.29, 0.717) is 35.8 Å². The maximum absolute atomic E-state index is 12.9. The van der Waals surface area contributed by atoms with E-state index in [1.165, 1.54) is 35.6 Å². The van der Waals surface area contributed by atoms with Gasteiger partial charge in [0.1, 0.15) is 10.0 Å². The second-order valence-electron chi connectivity index (χ2n) is 6.94. The molecule has 0 radical (unpaired) electrons. The van der Waals surface area contributed by atoms with E-state index >= 15 is 0 Å². The third-order valence-corrected chi connectivity index (χ3v) is 7.53. The third-order valence-electron chi connectivity index (χ3n) is 4.61. The molecule has 0 bridgehead atoms. The van der Waals surface area contributed by atoms with Crippen LogP contribution in [0.15, 0.2) is 46.0 Å². The van der Waals surface area contributed by atoms with Crippen molar-refractivity contribution < 1.29 is 22.4 Å². The molecule has 11 heteroatoms. The number of piperidine rings is 1. The Kier molecular flexibility index (Phi) is 7.53. The molecule has 1 saturated heterocycles. The van der Waals surface area contributed by atoms with Crippen LogP contribution in [0, 0.1) is 5.82 Å². The third kappa shape index (κ3) is 6.59. The summed E-state index contributed by atoms with van der Waals surface area (Å²) < 4.78 is 40.4. The lowest BCUT2D eigenvalue weighted by Gasteiger charge is -2.31. The van der Waals surface area contributed by atoms with Crippen LogP contribution in [0.4, 0.5) is 10.1 Å². The van der Waals surface area contributed by atoms with Gasteiger partial charge < -0.3 is 10.6 Å². The number of hydrogen-bond donors (Lipinski definition) is 3. The monoisotopic (exact) mass is 454 g/mol. The van der Waals surface area contributed by atoms with Crippen molar-refractivity contribution >= 4 is 38.9 Å². The lowest BCUT2D eigenvalue weighted by atomic mass is 10.1. The van der Waals surface area contributed by atoms with Crippen molar-refractivity contribution in [3.05, 3.63) is 47.6 Å². The number of carbonyl (C=O) groups is 2. The Morgan fingerprint density at radius 2 is 1.80 bits per heavy atom. The molecular formula is C19H23FN4O4S2. The minimum Gasteiger partial charge on any atom is -0.346 e. The minimum atomic E-state index is -3.50. The summed E-state index contributed by atoms with van der Waals surface area (Å²) in [6, 6.07) is 8.44. The number of amides is 2. The maximum Gasteiger partial charge on any atom is 0.250 e. The second kappa shape index (κ2) is 10.1. The molecule has 1 aromatic carbocycles. The van der Waals surface area contributed by atoms with E-state index in [0.717, 1.165) is 0 Å². The predicted molar refractivity (Wildman–Crippen MR) is 112 cm³/mol. The number of nitrogens with one attached hydrogen (secondary N) is 3. The molecule has 1 aliphatic rings. The van der Waals surface area contributed by atoms with E-state index in [2.05, 4.69) is 15.4 Å². The van der Waals surface area contributed by atoms with Crippen LogP contribution in [0.5, 0.6) is 0 Å². The van der Waals surface area contributed by atoms with Crippen molar-refractivity contribution in [3.8, 4) is 0 Å². The SMILES string of the molecule is O=C(CN1CCC(NS(=O)(=O)c2cccs2)CC1)NCC(=O)Nc1ccc(F)cc1. The summed E-state index contributed by atoms with van der Waals surface area (Å²) in [5, 5.41) is 6.84. The van der Waals surface area contributed by atoms with Crippen LogP contribution in [-0.2, 0) is 19.6 Å². The number of carbonyl (C=O) groups excluding carboxylic acids is 2. The molecule has 2 aromatic rings. The molecule has 30 heavy (non-hydrogen) atoms. The minimum absolute atomic E-state index is 0.133. The largest absolute Gasteiger partial charge is 0.346 e. The first-order valence-corrected chi connectivity index (χ1v) is 11.8. The molecule has 0 aliphatic carbocycles. The number of sulfonamides is 1. The zero-order chi connectivity index (χ0) is 21.6. The standard InChI is InChI=1S/C19H23FN4O4S2/c20-14-3-5-15(6-4-14)22-17(25)12-21-18(26)13-24-9-7-16(8-10-24)23-30(27,28)19-2-1-11-29-19/h1-6,11,16,23H,7-10,12-13H2,(H,21,26)(H,22,25). The van der Waals surface area contributed by atoms with Gasteiger partial charge >= 0.3 is 0 Å². The van der Waals surface area contributed by atoms with Crippen molar-refractivity contribution in [2.24, 2.45) is 0 Å². The highest BCUT2D eigenvalue weighted by Gasteiger charge is 2.26. The Bertz CT molecular complexity index is 957. The number of halogens is 1. The molecule has 0 saturated carbocycles. The molecule has 1 aromatic heterocycles. The van der Waals surface area contributed by atoms with Gasteiger partial charge in [0.25, 0.3) is 0 Å². The highest BCUT2D eigenvalue weighted by Crippen LogP contribution is 2.18. The molecule has 2 heterocycles. The van der Waals surface area contributed by atoms with Gasteiger partial charge in [0.15, 0.2) is 0 Å². The van der Waals surface area contributed by atoms with Crippen LogP contribution in [0.1, 0.15) is 12.8 Å². The van der Waals surface area contributed by atoms with Gasteiger partial charge in [0.05, 0.1) is 13.1 Å². The van der Waals surface area contributed by atoms with Crippen LogP contribution in [-0.4, -0.2) is 57.4 Å². The molecule has 3 N–H and O–H groups in total. The van der Waals surface area contributed by atoms with Crippen molar-refractivity contribution in [3.63, 3.8) is 0 Å². The van der Waals surface area contributed by atoms with Gasteiger partial charge in [-0.3, -0.25) is 14.5 Å². The summed E-state index contributed by atoms with van der Waals surface area (Å²) in [6.07, 6.45) is 1.20. The zero-order valence-electron chi connectivity index (χ0n) is 16.1.